The Morgan fingerprint density at radius 2 is 1.63 bits per heavy atom. The number of nitrogens with zero attached hydrogens (tertiary/aromatic N) is 8. The van der Waals surface area contributed by atoms with Gasteiger partial charge in [0.05, 0.1) is 36.2 Å². The summed E-state index contributed by atoms with van der Waals surface area (Å²) in [5.74, 6) is 1.82. The number of benzene rings is 2. The number of para-hydroxylation sites is 1. The average molecular weight is 884 g/mol. The Labute approximate surface area is 368 Å². The molecule has 0 atom stereocenters. The molecule has 326 valence electrons. The fraction of sp³-hybridized carbons (Fsp3) is 0.442. The van der Waals surface area contributed by atoms with Crippen LogP contribution in [-0.4, -0.2) is 132 Å². The zero-order chi connectivity index (χ0) is 43.5. The molecule has 3 N–H and O–H groups in total. The molecule has 19 heteroatoms. The highest BCUT2D eigenvalue weighted by atomic mass is 35.5. The molecule has 0 bridgehead atoms. The van der Waals surface area contributed by atoms with Crippen LogP contribution < -0.4 is 30.5 Å². The molecule has 4 saturated heterocycles. The summed E-state index contributed by atoms with van der Waals surface area (Å²) in [6.45, 7) is 9.80. The van der Waals surface area contributed by atoms with Crippen LogP contribution in [0.1, 0.15) is 63.5 Å². The number of ether oxygens (including phenoxy) is 1. The van der Waals surface area contributed by atoms with E-state index in [9.17, 15) is 24.0 Å². The van der Waals surface area contributed by atoms with Gasteiger partial charge in [-0.2, -0.15) is 0 Å². The van der Waals surface area contributed by atoms with E-state index < -0.39 is 6.03 Å². The number of aryl methyl sites for hydroxylation is 2. The number of hydrogen-bond acceptors (Lipinski definition) is 13. The van der Waals surface area contributed by atoms with Crippen LogP contribution in [-0.2, 0) is 9.59 Å². The van der Waals surface area contributed by atoms with E-state index in [0.29, 0.717) is 95.2 Å². The highest BCUT2D eigenvalue weighted by Crippen LogP contribution is 2.42. The van der Waals surface area contributed by atoms with Crippen LogP contribution in [0.5, 0.6) is 5.75 Å². The molecule has 0 aliphatic carbocycles. The van der Waals surface area contributed by atoms with Gasteiger partial charge in [-0.3, -0.25) is 34.3 Å². The largest absolute Gasteiger partial charge is 0.495 e. The van der Waals surface area contributed by atoms with Crippen molar-refractivity contribution in [3.8, 4) is 5.75 Å². The van der Waals surface area contributed by atoms with E-state index >= 15 is 0 Å². The number of likely N-dealkylation sites (tertiary alicyclic amines) is 2. The minimum atomic E-state index is -0.534. The average Bonchev–Trinajstić information content (AvgIpc) is 3.73. The van der Waals surface area contributed by atoms with Crippen molar-refractivity contribution in [2.45, 2.75) is 46.0 Å². The summed E-state index contributed by atoms with van der Waals surface area (Å²) < 4.78 is 5.48. The van der Waals surface area contributed by atoms with Crippen LogP contribution in [0, 0.1) is 19.3 Å². The van der Waals surface area contributed by atoms with Gasteiger partial charge in [0.15, 0.2) is 5.13 Å². The Bertz CT molecular complexity index is 2350. The van der Waals surface area contributed by atoms with Gasteiger partial charge in [-0.15, -0.1) is 0 Å². The summed E-state index contributed by atoms with van der Waals surface area (Å²) in [4.78, 5) is 88.2. The Balaban J connectivity index is 0.785. The number of piperidine rings is 2. The first-order chi connectivity index (χ1) is 29.9. The SMILES string of the molecule is COc1ccc(C(=O)N2CCC3(CCN(C(=O)CN4CCN(c5cc(Nc6ncc(C(=O)Nc7c(C)cccc7Cl)s6)nc(C)n5)CC4)CC3)CC2)cc1N1CCC(=O)NC1=O. The number of nitrogens with one attached hydrogen (secondary N) is 3. The minimum Gasteiger partial charge on any atom is -0.495 e. The number of methoxy groups -OCH3 is 1. The minimum absolute atomic E-state index is 0.0961. The van der Waals surface area contributed by atoms with E-state index in [1.165, 1.54) is 29.5 Å². The van der Waals surface area contributed by atoms with E-state index in [2.05, 4.69) is 35.7 Å². The quantitative estimate of drug-likeness (QED) is 0.187. The molecule has 2 aromatic heterocycles. The van der Waals surface area contributed by atoms with Crippen molar-refractivity contribution in [1.82, 2.24) is 35.0 Å². The Kier molecular flexibility index (Phi) is 12.6. The number of thiazole rings is 1. The third-order valence-corrected chi connectivity index (χ3v) is 13.6. The summed E-state index contributed by atoms with van der Waals surface area (Å²) >= 11 is 7.52. The molecule has 6 heterocycles. The number of hydrogen-bond donors (Lipinski definition) is 3. The number of carbonyl (C=O) groups excluding carboxylic acids is 5. The summed E-state index contributed by atoms with van der Waals surface area (Å²) in [6.07, 6.45) is 5.24. The summed E-state index contributed by atoms with van der Waals surface area (Å²) in [5, 5.41) is 9.44. The normalized spacial score (nSPS) is 18.1. The zero-order valence-corrected chi connectivity index (χ0v) is 36.6. The van der Waals surface area contributed by atoms with Crippen molar-refractivity contribution in [3.05, 3.63) is 75.5 Å². The summed E-state index contributed by atoms with van der Waals surface area (Å²) in [7, 11) is 1.51. The lowest BCUT2D eigenvalue weighted by molar-refractivity contribution is -0.135. The fourth-order valence-electron chi connectivity index (χ4n) is 8.64. The number of amides is 6. The number of aromatic nitrogens is 3. The lowest BCUT2D eigenvalue weighted by Gasteiger charge is -2.47. The molecule has 8 rings (SSSR count). The molecular formula is C43H50ClN11O6S. The third kappa shape index (κ3) is 9.46. The van der Waals surface area contributed by atoms with Gasteiger partial charge in [0.25, 0.3) is 11.8 Å². The first-order valence-corrected chi connectivity index (χ1v) is 22.1. The van der Waals surface area contributed by atoms with Crippen LogP contribution >= 0.6 is 22.9 Å². The smallest absolute Gasteiger partial charge is 0.328 e. The van der Waals surface area contributed by atoms with Crippen molar-refractivity contribution in [1.29, 1.82) is 0 Å². The zero-order valence-electron chi connectivity index (χ0n) is 35.0. The van der Waals surface area contributed by atoms with Crippen molar-refractivity contribution >= 4 is 80.7 Å². The number of piperazine rings is 1. The lowest BCUT2D eigenvalue weighted by Crippen LogP contribution is -2.53. The fourth-order valence-corrected chi connectivity index (χ4v) is 9.63. The van der Waals surface area contributed by atoms with Crippen molar-refractivity contribution in [2.75, 3.05) is 93.0 Å². The molecule has 0 radical (unpaired) electrons. The molecule has 62 heavy (non-hydrogen) atoms. The molecule has 4 fully saturated rings. The molecule has 4 aliphatic heterocycles. The Morgan fingerprint density at radius 1 is 0.903 bits per heavy atom. The molecule has 2 aromatic carbocycles. The molecule has 4 aliphatic rings. The third-order valence-electron chi connectivity index (χ3n) is 12.4. The molecule has 17 nitrogen and oxygen atoms in total. The second-order valence-corrected chi connectivity index (χ2v) is 17.7. The van der Waals surface area contributed by atoms with Crippen molar-refractivity contribution < 1.29 is 28.7 Å². The molecule has 4 aromatic rings. The standard InChI is InChI=1S/C43H50ClN11O6S/c1-27-5-4-6-30(44)38(27)50-39(58)33-25-45-41(62-33)48-34-24-35(47-28(2)46-34)52-21-19-51(20-22-52)26-37(57)53-15-10-43(11-16-53)12-17-54(18-13-43)40(59)29-7-8-32(61-3)31(23-29)55-14-9-36(56)49-42(55)60/h4-8,23-25H,9-22,26H2,1-3H3,(H,50,58)(H,49,56,60)(H,45,46,47,48). The van der Waals surface area contributed by atoms with E-state index in [1.54, 1.807) is 24.3 Å². The van der Waals surface area contributed by atoms with E-state index in [0.717, 1.165) is 50.2 Å². The highest BCUT2D eigenvalue weighted by molar-refractivity contribution is 7.17. The van der Waals surface area contributed by atoms with Crippen LogP contribution in [0.3, 0.4) is 0 Å². The molecule has 1 spiro atoms. The molecule has 0 unspecified atom stereocenters. The number of urea groups is 1. The monoisotopic (exact) mass is 883 g/mol. The predicted octanol–water partition coefficient (Wildman–Crippen LogP) is 5.32. The Morgan fingerprint density at radius 3 is 2.32 bits per heavy atom. The second kappa shape index (κ2) is 18.2. The number of halogens is 1. The van der Waals surface area contributed by atoms with Gasteiger partial charge in [-0.1, -0.05) is 35.1 Å². The first kappa shape index (κ1) is 42.8. The van der Waals surface area contributed by atoms with Gasteiger partial charge in [-0.05, 0) is 74.8 Å². The molecule has 0 saturated carbocycles. The van der Waals surface area contributed by atoms with E-state index in [-0.39, 0.29) is 42.0 Å². The van der Waals surface area contributed by atoms with Crippen LogP contribution in [0.4, 0.5) is 32.9 Å². The number of anilines is 5. The van der Waals surface area contributed by atoms with Gasteiger partial charge in [-0.25, -0.2) is 19.7 Å². The summed E-state index contributed by atoms with van der Waals surface area (Å²) in [5.41, 5.74) is 2.45. The molecular weight excluding hydrogens is 834 g/mol. The van der Waals surface area contributed by atoms with Gasteiger partial charge in [0.2, 0.25) is 11.8 Å². The van der Waals surface area contributed by atoms with Gasteiger partial charge >= 0.3 is 6.03 Å². The summed E-state index contributed by atoms with van der Waals surface area (Å²) in [6, 6.07) is 11.9. The number of rotatable bonds is 10. The van der Waals surface area contributed by atoms with Crippen molar-refractivity contribution in [3.63, 3.8) is 0 Å². The van der Waals surface area contributed by atoms with Crippen molar-refractivity contribution in [2.24, 2.45) is 5.41 Å². The first-order valence-electron chi connectivity index (χ1n) is 20.9. The maximum absolute atomic E-state index is 13.7. The Hall–Kier alpha value is -5.85. The van der Waals surface area contributed by atoms with Crippen LogP contribution in [0.2, 0.25) is 5.02 Å². The second-order valence-electron chi connectivity index (χ2n) is 16.3. The van der Waals surface area contributed by atoms with Gasteiger partial charge < -0.3 is 30.1 Å². The van der Waals surface area contributed by atoms with Crippen LogP contribution in [0.25, 0.3) is 0 Å². The number of carbonyl (C=O) groups is 5. The molecule has 6 amide bonds. The van der Waals surface area contributed by atoms with E-state index in [4.69, 9.17) is 21.3 Å². The maximum atomic E-state index is 13.7. The maximum Gasteiger partial charge on any atom is 0.328 e. The van der Waals surface area contributed by atoms with Gasteiger partial charge in [0.1, 0.15) is 28.1 Å². The number of imide groups is 1. The van der Waals surface area contributed by atoms with E-state index in [1.807, 2.05) is 41.8 Å². The van der Waals surface area contributed by atoms with Gasteiger partial charge in [0, 0.05) is 77.0 Å². The highest BCUT2D eigenvalue weighted by Gasteiger charge is 2.40. The topological polar surface area (TPSA) is 186 Å². The predicted molar refractivity (Wildman–Crippen MR) is 237 cm³/mol. The lowest BCUT2D eigenvalue weighted by atomic mass is 9.71. The van der Waals surface area contributed by atoms with Crippen LogP contribution in [0.15, 0.2) is 48.7 Å².